The summed E-state index contributed by atoms with van der Waals surface area (Å²) in [4.78, 5) is 13.8. The second kappa shape index (κ2) is 5.94. The van der Waals surface area contributed by atoms with Gasteiger partial charge in [0.1, 0.15) is 0 Å². The minimum atomic E-state index is -0.856. The molecule has 3 aliphatic heterocycles. The van der Waals surface area contributed by atoms with Crippen molar-refractivity contribution in [3.8, 4) is 0 Å². The molecule has 3 fully saturated rings. The average Bonchev–Trinajstić information content (AvgIpc) is 2.49. The summed E-state index contributed by atoms with van der Waals surface area (Å²) in [6, 6.07) is 9.71. The number of ether oxygens (including phenoxy) is 1. The summed E-state index contributed by atoms with van der Waals surface area (Å²) in [6.45, 7) is 3.17. The fourth-order valence-electron chi connectivity index (χ4n) is 3.30. The number of hydrogen-bond donors (Lipinski definition) is 1. The predicted octanol–water partition coefficient (Wildman–Crippen LogP) is 1.79. The Labute approximate surface area is 119 Å². The van der Waals surface area contributed by atoms with Crippen LogP contribution in [0.3, 0.4) is 0 Å². The molecule has 2 atom stereocenters. The summed E-state index contributed by atoms with van der Waals surface area (Å²) in [5.41, 5.74) is 1.01. The van der Waals surface area contributed by atoms with E-state index in [-0.39, 0.29) is 6.10 Å². The van der Waals surface area contributed by atoms with E-state index in [4.69, 9.17) is 4.74 Å². The monoisotopic (exact) mass is 275 g/mol. The van der Waals surface area contributed by atoms with Gasteiger partial charge in [-0.3, -0.25) is 0 Å². The van der Waals surface area contributed by atoms with E-state index < -0.39 is 12.1 Å². The summed E-state index contributed by atoms with van der Waals surface area (Å²) in [5.74, 6) is -0.317. The molecule has 1 aromatic carbocycles. The highest BCUT2D eigenvalue weighted by Gasteiger charge is 2.37. The number of hydrogen-bond acceptors (Lipinski definition) is 3. The average molecular weight is 275 g/mol. The number of rotatable bonds is 5. The third-order valence-electron chi connectivity index (χ3n) is 4.47. The van der Waals surface area contributed by atoms with Crippen molar-refractivity contribution in [2.24, 2.45) is 5.92 Å². The maximum atomic E-state index is 11.4. The number of nitrogens with zero attached hydrogens (tertiary/aromatic N) is 1. The van der Waals surface area contributed by atoms with Crippen LogP contribution < -0.4 is 0 Å². The molecular weight excluding hydrogens is 254 g/mol. The number of piperidine rings is 3. The van der Waals surface area contributed by atoms with Crippen LogP contribution in [-0.4, -0.2) is 47.8 Å². The molecule has 1 unspecified atom stereocenters. The number of carboxylic acid groups (broad SMARTS) is 1. The predicted molar refractivity (Wildman–Crippen MR) is 75.6 cm³/mol. The van der Waals surface area contributed by atoms with E-state index in [1.807, 2.05) is 30.3 Å². The van der Waals surface area contributed by atoms with E-state index in [2.05, 4.69) is 4.90 Å². The first kappa shape index (κ1) is 13.6. The summed E-state index contributed by atoms with van der Waals surface area (Å²) in [5, 5.41) is 9.40. The SMILES string of the molecule is O=C(O)C(Cc1ccccc1)O[C@@H]1CN2CCC1CC2. The maximum Gasteiger partial charge on any atom is 0.333 e. The Morgan fingerprint density at radius 2 is 2.00 bits per heavy atom. The molecule has 4 nitrogen and oxygen atoms in total. The van der Waals surface area contributed by atoms with Crippen molar-refractivity contribution in [3.05, 3.63) is 35.9 Å². The quantitative estimate of drug-likeness (QED) is 0.890. The van der Waals surface area contributed by atoms with Crippen LogP contribution in [0.25, 0.3) is 0 Å². The molecule has 0 amide bonds. The second-order valence-corrected chi connectivity index (χ2v) is 5.83. The molecule has 0 aromatic heterocycles. The minimum Gasteiger partial charge on any atom is -0.479 e. The zero-order valence-electron chi connectivity index (χ0n) is 11.6. The third-order valence-corrected chi connectivity index (χ3v) is 4.47. The number of carboxylic acids is 1. The topological polar surface area (TPSA) is 49.8 Å². The molecule has 1 aromatic rings. The number of aliphatic carboxylic acids is 1. The van der Waals surface area contributed by atoms with Gasteiger partial charge >= 0.3 is 5.97 Å². The second-order valence-electron chi connectivity index (χ2n) is 5.83. The highest BCUT2D eigenvalue weighted by atomic mass is 16.5. The van der Waals surface area contributed by atoms with Crippen molar-refractivity contribution >= 4 is 5.97 Å². The van der Waals surface area contributed by atoms with Gasteiger partial charge in [-0.1, -0.05) is 30.3 Å². The van der Waals surface area contributed by atoms with E-state index in [9.17, 15) is 9.90 Å². The lowest BCUT2D eigenvalue weighted by atomic mass is 9.85. The Bertz CT molecular complexity index is 454. The lowest BCUT2D eigenvalue weighted by Crippen LogP contribution is -2.53. The lowest BCUT2D eigenvalue weighted by Gasteiger charge is -2.45. The first-order chi connectivity index (χ1) is 9.72. The summed E-state index contributed by atoms with van der Waals surface area (Å²) >= 11 is 0. The molecule has 4 rings (SSSR count). The van der Waals surface area contributed by atoms with E-state index >= 15 is 0 Å². The van der Waals surface area contributed by atoms with E-state index in [0.29, 0.717) is 12.3 Å². The van der Waals surface area contributed by atoms with Gasteiger partial charge in [-0.25, -0.2) is 4.79 Å². The van der Waals surface area contributed by atoms with Crippen molar-refractivity contribution in [3.63, 3.8) is 0 Å². The van der Waals surface area contributed by atoms with Crippen LogP contribution in [0.4, 0.5) is 0 Å². The van der Waals surface area contributed by atoms with Gasteiger partial charge in [0.25, 0.3) is 0 Å². The van der Waals surface area contributed by atoms with E-state index in [0.717, 1.165) is 38.0 Å². The Hall–Kier alpha value is -1.39. The molecule has 0 aliphatic carbocycles. The highest BCUT2D eigenvalue weighted by Crippen LogP contribution is 2.30. The number of carbonyl (C=O) groups is 1. The molecule has 0 spiro atoms. The Kier molecular flexibility index (Phi) is 4.03. The zero-order valence-corrected chi connectivity index (χ0v) is 11.6. The molecule has 3 saturated heterocycles. The van der Waals surface area contributed by atoms with Gasteiger partial charge in [0.05, 0.1) is 6.10 Å². The van der Waals surface area contributed by atoms with Crippen LogP contribution in [0.15, 0.2) is 30.3 Å². The first-order valence-corrected chi connectivity index (χ1v) is 7.37. The van der Waals surface area contributed by atoms with Gasteiger partial charge < -0.3 is 14.7 Å². The van der Waals surface area contributed by atoms with Crippen molar-refractivity contribution in [1.29, 1.82) is 0 Å². The van der Waals surface area contributed by atoms with Crippen LogP contribution in [0.5, 0.6) is 0 Å². The molecule has 0 radical (unpaired) electrons. The molecule has 108 valence electrons. The fourth-order valence-corrected chi connectivity index (χ4v) is 3.30. The van der Waals surface area contributed by atoms with Crippen LogP contribution >= 0.6 is 0 Å². The van der Waals surface area contributed by atoms with Crippen molar-refractivity contribution < 1.29 is 14.6 Å². The summed E-state index contributed by atoms with van der Waals surface area (Å²) in [6.07, 6.45) is 2.08. The maximum absolute atomic E-state index is 11.4. The third kappa shape index (κ3) is 3.02. The molecule has 2 bridgehead atoms. The fraction of sp³-hybridized carbons (Fsp3) is 0.562. The number of benzene rings is 1. The van der Waals surface area contributed by atoms with Crippen LogP contribution in [0, 0.1) is 5.92 Å². The summed E-state index contributed by atoms with van der Waals surface area (Å²) in [7, 11) is 0. The number of fused-ring (bicyclic) bond motifs is 3. The Balaban J connectivity index is 1.64. The molecule has 4 heteroatoms. The smallest absolute Gasteiger partial charge is 0.333 e. The van der Waals surface area contributed by atoms with Crippen molar-refractivity contribution in [2.45, 2.75) is 31.5 Å². The minimum absolute atomic E-state index is 0.0855. The van der Waals surface area contributed by atoms with E-state index in [1.54, 1.807) is 0 Å². The van der Waals surface area contributed by atoms with Crippen LogP contribution in [-0.2, 0) is 16.0 Å². The van der Waals surface area contributed by atoms with Gasteiger partial charge in [-0.2, -0.15) is 0 Å². The molecule has 0 saturated carbocycles. The molecular formula is C16H21NO3. The van der Waals surface area contributed by atoms with E-state index in [1.165, 1.54) is 0 Å². The van der Waals surface area contributed by atoms with Gasteiger partial charge in [-0.15, -0.1) is 0 Å². The van der Waals surface area contributed by atoms with Gasteiger partial charge in [-0.05, 0) is 37.4 Å². The van der Waals surface area contributed by atoms with Crippen molar-refractivity contribution in [1.82, 2.24) is 4.90 Å². The zero-order chi connectivity index (χ0) is 13.9. The molecule has 3 aliphatic rings. The van der Waals surface area contributed by atoms with Gasteiger partial charge in [0, 0.05) is 13.0 Å². The molecule has 3 heterocycles. The van der Waals surface area contributed by atoms with Crippen LogP contribution in [0.1, 0.15) is 18.4 Å². The van der Waals surface area contributed by atoms with Gasteiger partial charge in [0.2, 0.25) is 0 Å². The largest absolute Gasteiger partial charge is 0.479 e. The lowest BCUT2D eigenvalue weighted by molar-refractivity contribution is -0.163. The Morgan fingerprint density at radius 1 is 1.30 bits per heavy atom. The van der Waals surface area contributed by atoms with Crippen LogP contribution in [0.2, 0.25) is 0 Å². The summed E-state index contributed by atoms with van der Waals surface area (Å²) < 4.78 is 5.95. The standard InChI is InChI=1S/C16H21NO3/c18-16(19)14(10-12-4-2-1-3-5-12)20-15-11-17-8-6-13(15)7-9-17/h1-5,13-15H,6-11H2,(H,18,19)/t14?,15-/m1/s1. The first-order valence-electron chi connectivity index (χ1n) is 7.37. The molecule has 1 N–H and O–H groups in total. The van der Waals surface area contributed by atoms with Crippen molar-refractivity contribution in [2.75, 3.05) is 19.6 Å². The van der Waals surface area contributed by atoms with Gasteiger partial charge in [0.15, 0.2) is 6.10 Å². The normalized spacial score (nSPS) is 30.1. The Morgan fingerprint density at radius 3 is 2.55 bits per heavy atom. The molecule has 20 heavy (non-hydrogen) atoms. The highest BCUT2D eigenvalue weighted by molar-refractivity contribution is 5.72.